The van der Waals surface area contributed by atoms with Crippen LogP contribution in [0.15, 0.2) is 66.7 Å². The third-order valence-electron chi connectivity index (χ3n) is 8.44. The van der Waals surface area contributed by atoms with Crippen molar-refractivity contribution < 1.29 is 14.4 Å². The molecule has 0 spiro atoms. The molecule has 2 aromatic carbocycles. The van der Waals surface area contributed by atoms with E-state index in [1.54, 1.807) is 11.0 Å². The van der Waals surface area contributed by atoms with E-state index in [2.05, 4.69) is 36.6 Å². The summed E-state index contributed by atoms with van der Waals surface area (Å²) in [6.07, 6.45) is 8.22. The van der Waals surface area contributed by atoms with Crippen molar-refractivity contribution >= 4 is 23.8 Å². The Balaban J connectivity index is 1.57. The molecule has 3 atom stereocenters. The number of piperidine rings is 1. The van der Waals surface area contributed by atoms with Gasteiger partial charge in [0.25, 0.3) is 0 Å². The summed E-state index contributed by atoms with van der Waals surface area (Å²) in [5.74, 6) is -0.0121. The minimum Gasteiger partial charge on any atom is -0.343 e. The lowest BCUT2D eigenvalue weighted by atomic mass is 9.99. The predicted octanol–water partition coefficient (Wildman–Crippen LogP) is 3.34. The van der Waals surface area contributed by atoms with E-state index in [-0.39, 0.29) is 35.7 Å². The third-order valence-corrected chi connectivity index (χ3v) is 8.44. The maximum atomic E-state index is 13.8. The number of nitrogens with two attached hydrogens (primary N) is 2. The highest BCUT2D eigenvalue weighted by Crippen LogP contribution is 2.18. The van der Waals surface area contributed by atoms with Crippen molar-refractivity contribution in [1.82, 2.24) is 20.4 Å². The fourth-order valence-electron chi connectivity index (χ4n) is 5.78. The molecule has 246 valence electrons. The molecule has 0 radical (unpaired) electrons. The Morgan fingerprint density at radius 1 is 0.978 bits per heavy atom. The summed E-state index contributed by atoms with van der Waals surface area (Å²) in [4.78, 5) is 43.8. The molecule has 0 unspecified atom stereocenters. The summed E-state index contributed by atoms with van der Waals surface area (Å²) in [6, 6.07) is 18.7. The van der Waals surface area contributed by atoms with Gasteiger partial charge in [0.1, 0.15) is 6.04 Å². The van der Waals surface area contributed by atoms with Crippen molar-refractivity contribution in [2.45, 2.75) is 83.0 Å². The first-order valence-electron chi connectivity index (χ1n) is 16.5. The van der Waals surface area contributed by atoms with E-state index in [0.29, 0.717) is 58.3 Å². The van der Waals surface area contributed by atoms with Crippen molar-refractivity contribution in [2.75, 3.05) is 33.2 Å². The Morgan fingerprint density at radius 3 is 2.24 bits per heavy atom. The van der Waals surface area contributed by atoms with Crippen LogP contribution >= 0.6 is 0 Å². The van der Waals surface area contributed by atoms with Crippen molar-refractivity contribution in [1.29, 1.82) is 0 Å². The zero-order chi connectivity index (χ0) is 32.6. The zero-order valence-corrected chi connectivity index (χ0v) is 27.4. The number of hydrogen-bond acceptors (Lipinski definition) is 6. The standard InChI is InChI=1S/C36H54N6O3/c1-27(2)24-33(39-26-30(38)25-29-14-8-5-9-15-29)35(44)40-32(16-10-11-21-37)36(45)42-22-19-31(20-23-42)41(3)34(43)18-17-28-12-6-4-7-13-28/h4-9,12-15,17-18,27,30-33,39H,10-11,16,19-26,37-38H2,1-3H3,(H,40,44)/b18-17+/t30-,32-,33-/m1/s1. The Labute approximate surface area is 269 Å². The number of unbranched alkanes of at least 4 members (excludes halogenated alkanes) is 1. The highest BCUT2D eigenvalue weighted by atomic mass is 16.2. The largest absolute Gasteiger partial charge is 0.343 e. The third kappa shape index (κ3) is 12.4. The monoisotopic (exact) mass is 618 g/mol. The number of likely N-dealkylation sites (N-methyl/N-ethyl adjacent to an activating group) is 1. The van der Waals surface area contributed by atoms with Crippen LogP contribution in [0.3, 0.4) is 0 Å². The number of hydrogen-bond donors (Lipinski definition) is 4. The number of nitrogens with one attached hydrogen (secondary N) is 2. The SMILES string of the molecule is CC(C)C[C@@H](NC[C@H](N)Cc1ccccc1)C(=O)N[C@H](CCCCN)C(=O)N1CCC(N(C)C(=O)/C=C/c2ccccc2)CC1. The number of benzene rings is 2. The smallest absolute Gasteiger partial charge is 0.246 e. The van der Waals surface area contributed by atoms with Gasteiger partial charge in [-0.3, -0.25) is 14.4 Å². The van der Waals surface area contributed by atoms with Crippen LogP contribution in [0.2, 0.25) is 0 Å². The van der Waals surface area contributed by atoms with Crippen LogP contribution in [0.4, 0.5) is 0 Å². The molecule has 0 aliphatic carbocycles. The van der Waals surface area contributed by atoms with Crippen LogP contribution in [-0.2, 0) is 20.8 Å². The number of nitrogens with zero attached hydrogens (tertiary/aromatic N) is 2. The first-order chi connectivity index (χ1) is 21.7. The second kappa shape index (κ2) is 19.1. The molecule has 9 nitrogen and oxygen atoms in total. The molecule has 0 bridgehead atoms. The Hall–Kier alpha value is -3.53. The molecule has 1 heterocycles. The van der Waals surface area contributed by atoms with Gasteiger partial charge < -0.3 is 31.9 Å². The van der Waals surface area contributed by atoms with Crippen LogP contribution in [0, 0.1) is 5.92 Å². The van der Waals surface area contributed by atoms with E-state index in [9.17, 15) is 14.4 Å². The fraction of sp³-hybridized carbons (Fsp3) is 0.528. The number of carbonyl (C=O) groups excluding carboxylic acids is 3. The summed E-state index contributed by atoms with van der Waals surface area (Å²) in [7, 11) is 1.82. The van der Waals surface area contributed by atoms with Crippen LogP contribution in [-0.4, -0.2) is 84.9 Å². The van der Waals surface area contributed by atoms with E-state index in [4.69, 9.17) is 11.5 Å². The number of carbonyl (C=O) groups is 3. The molecule has 6 N–H and O–H groups in total. The average Bonchev–Trinajstić information content (AvgIpc) is 3.05. The summed E-state index contributed by atoms with van der Waals surface area (Å²) in [6.45, 7) is 6.27. The van der Waals surface area contributed by atoms with Gasteiger partial charge in [0.15, 0.2) is 0 Å². The van der Waals surface area contributed by atoms with Gasteiger partial charge in [0.05, 0.1) is 6.04 Å². The first-order valence-corrected chi connectivity index (χ1v) is 16.5. The van der Waals surface area contributed by atoms with Gasteiger partial charge in [-0.15, -0.1) is 0 Å². The molecule has 45 heavy (non-hydrogen) atoms. The average molecular weight is 619 g/mol. The molecule has 1 aliphatic heterocycles. The summed E-state index contributed by atoms with van der Waals surface area (Å²) >= 11 is 0. The van der Waals surface area contributed by atoms with Gasteiger partial charge in [-0.05, 0) is 74.6 Å². The first kappa shape index (κ1) is 35.9. The lowest BCUT2D eigenvalue weighted by molar-refractivity contribution is -0.139. The minimum absolute atomic E-state index is 0.0481. The maximum absolute atomic E-state index is 13.8. The van der Waals surface area contributed by atoms with E-state index in [0.717, 1.165) is 24.0 Å². The summed E-state index contributed by atoms with van der Waals surface area (Å²) < 4.78 is 0. The van der Waals surface area contributed by atoms with Crippen molar-refractivity contribution in [3.05, 3.63) is 77.9 Å². The molecule has 2 aromatic rings. The minimum atomic E-state index is -0.622. The predicted molar refractivity (Wildman–Crippen MR) is 182 cm³/mol. The number of rotatable bonds is 17. The maximum Gasteiger partial charge on any atom is 0.246 e. The van der Waals surface area contributed by atoms with Crippen molar-refractivity contribution in [2.24, 2.45) is 17.4 Å². The molecule has 3 rings (SSSR count). The Bertz CT molecular complexity index is 1200. The van der Waals surface area contributed by atoms with E-state index in [1.807, 2.05) is 66.6 Å². The summed E-state index contributed by atoms with van der Waals surface area (Å²) in [5, 5.41) is 6.48. The molecule has 1 fully saturated rings. The van der Waals surface area contributed by atoms with E-state index >= 15 is 0 Å². The Kier molecular flexibility index (Phi) is 15.2. The highest BCUT2D eigenvalue weighted by molar-refractivity contribution is 5.92. The Morgan fingerprint density at radius 2 is 1.62 bits per heavy atom. The molecule has 3 amide bonds. The van der Waals surface area contributed by atoms with Crippen LogP contribution < -0.4 is 22.1 Å². The number of amides is 3. The fourth-order valence-corrected chi connectivity index (χ4v) is 5.78. The van der Waals surface area contributed by atoms with Gasteiger partial charge in [-0.1, -0.05) is 74.5 Å². The molecular weight excluding hydrogens is 564 g/mol. The molecule has 1 saturated heterocycles. The molecule has 1 aliphatic rings. The van der Waals surface area contributed by atoms with Gasteiger partial charge in [-0.2, -0.15) is 0 Å². The second-order valence-corrected chi connectivity index (χ2v) is 12.6. The normalized spacial score (nSPS) is 16.0. The van der Waals surface area contributed by atoms with Crippen molar-refractivity contribution in [3.63, 3.8) is 0 Å². The lowest BCUT2D eigenvalue weighted by Gasteiger charge is -2.38. The zero-order valence-electron chi connectivity index (χ0n) is 27.4. The molecule has 9 heteroatoms. The van der Waals surface area contributed by atoms with Gasteiger partial charge >= 0.3 is 0 Å². The van der Waals surface area contributed by atoms with Crippen LogP contribution in [0.25, 0.3) is 6.08 Å². The topological polar surface area (TPSA) is 134 Å². The van der Waals surface area contributed by atoms with Gasteiger partial charge in [0.2, 0.25) is 17.7 Å². The van der Waals surface area contributed by atoms with E-state index in [1.165, 1.54) is 0 Å². The second-order valence-electron chi connectivity index (χ2n) is 12.6. The van der Waals surface area contributed by atoms with Crippen LogP contribution in [0.5, 0.6) is 0 Å². The van der Waals surface area contributed by atoms with Crippen LogP contribution in [0.1, 0.15) is 63.5 Å². The van der Waals surface area contributed by atoms with E-state index < -0.39 is 12.1 Å². The molecule has 0 saturated carbocycles. The van der Waals surface area contributed by atoms with Crippen molar-refractivity contribution in [3.8, 4) is 0 Å². The lowest BCUT2D eigenvalue weighted by Crippen LogP contribution is -2.56. The van der Waals surface area contributed by atoms with Gasteiger partial charge in [-0.25, -0.2) is 0 Å². The molecular formula is C36H54N6O3. The summed E-state index contributed by atoms with van der Waals surface area (Å²) in [5.41, 5.74) is 14.3. The quantitative estimate of drug-likeness (QED) is 0.159. The highest BCUT2D eigenvalue weighted by Gasteiger charge is 2.32. The van der Waals surface area contributed by atoms with Gasteiger partial charge in [0, 0.05) is 44.8 Å². The molecule has 0 aromatic heterocycles. The number of likely N-dealkylation sites (tertiary alicyclic amines) is 1.